The summed E-state index contributed by atoms with van der Waals surface area (Å²) in [6.45, 7) is 23.3. The third-order valence-electron chi connectivity index (χ3n) is 6.14. The molecule has 0 amide bonds. The van der Waals surface area contributed by atoms with Gasteiger partial charge in [-0.3, -0.25) is 0 Å². The first-order valence-electron chi connectivity index (χ1n) is 11.6. The van der Waals surface area contributed by atoms with E-state index in [-0.39, 0.29) is 0 Å². The van der Waals surface area contributed by atoms with Crippen molar-refractivity contribution in [3.63, 3.8) is 0 Å². The smallest absolute Gasteiger partial charge is 0.0587 e. The van der Waals surface area contributed by atoms with E-state index in [1.165, 1.54) is 47.0 Å². The molecule has 0 aliphatic carbocycles. The highest BCUT2D eigenvalue weighted by molar-refractivity contribution is 7.43. The maximum absolute atomic E-state index is 2.49. The van der Waals surface area contributed by atoms with Gasteiger partial charge in [0.05, 0.1) is 28.2 Å². The Morgan fingerprint density at radius 1 is 0.600 bits per heavy atom. The van der Waals surface area contributed by atoms with Crippen molar-refractivity contribution in [1.29, 1.82) is 0 Å². The van der Waals surface area contributed by atoms with Crippen molar-refractivity contribution < 1.29 is 0 Å². The lowest BCUT2D eigenvalue weighted by Gasteiger charge is -2.20. The lowest BCUT2D eigenvalue weighted by Crippen LogP contribution is -2.02. The third kappa shape index (κ3) is 4.36. The minimum atomic E-state index is 0.516. The molecule has 0 unspecified atom stereocenters. The molecule has 2 heteroatoms. The van der Waals surface area contributed by atoms with Gasteiger partial charge in [0, 0.05) is 0 Å². The van der Waals surface area contributed by atoms with Gasteiger partial charge in [0.25, 0.3) is 4.19 Å². The van der Waals surface area contributed by atoms with Crippen LogP contribution in [0.2, 0.25) is 0 Å². The molecule has 162 valence electrons. The van der Waals surface area contributed by atoms with E-state index >= 15 is 0 Å². The monoisotopic (exact) mass is 439 g/mol. The molecule has 0 N–H and O–H groups in total. The molecule has 0 aliphatic heterocycles. The van der Waals surface area contributed by atoms with Gasteiger partial charge in [-0.2, -0.15) is 0 Å². The van der Waals surface area contributed by atoms with Gasteiger partial charge >= 0.3 is 0 Å². The molecule has 30 heavy (non-hydrogen) atoms. The topological polar surface area (TPSA) is 0 Å². The first-order chi connectivity index (χ1) is 14.0. The van der Waals surface area contributed by atoms with Gasteiger partial charge in [-0.1, -0.05) is 93.5 Å². The van der Waals surface area contributed by atoms with Gasteiger partial charge in [-0.25, -0.2) is 0 Å². The summed E-state index contributed by atoms with van der Waals surface area (Å²) in [5.74, 6) is 2.68. The maximum atomic E-state index is 2.49. The number of benzene rings is 2. The van der Waals surface area contributed by atoms with E-state index in [1.807, 2.05) is 22.7 Å². The number of hydrogen-bond donors (Lipinski definition) is 0. The Morgan fingerprint density at radius 3 is 1.50 bits per heavy atom. The van der Waals surface area contributed by atoms with Gasteiger partial charge in [-0.05, 0) is 57.4 Å². The molecule has 1 aromatic heterocycles. The average Bonchev–Trinajstić information content (AvgIpc) is 3.10. The van der Waals surface area contributed by atoms with Crippen molar-refractivity contribution >= 4 is 32.1 Å². The number of rotatable bonds is 6. The lowest BCUT2D eigenvalue weighted by atomic mass is 9.85. The van der Waals surface area contributed by atoms with E-state index < -0.39 is 0 Å². The molecular weight excluding hydrogens is 400 g/mol. The van der Waals surface area contributed by atoms with Crippen LogP contribution in [0, 0.1) is 0 Å². The standard InChI is InChI=1S/C28H39S2/c1-15(2)20-13-23(18(7)8)25(24(14-20)19(9)10)28-29-26-21(16(3)4)11-12-22(17(5)6)27(26)30-28/h11-19H,1-10H3/q+1. The van der Waals surface area contributed by atoms with E-state index in [2.05, 4.69) is 93.5 Å². The van der Waals surface area contributed by atoms with Gasteiger partial charge < -0.3 is 0 Å². The van der Waals surface area contributed by atoms with Crippen molar-refractivity contribution in [3.05, 3.63) is 52.1 Å². The van der Waals surface area contributed by atoms with E-state index in [4.69, 9.17) is 0 Å². The summed E-state index contributed by atoms with van der Waals surface area (Å²) in [7, 11) is 0. The second-order valence-corrected chi connectivity index (χ2v) is 12.5. The molecule has 2 aromatic carbocycles. The summed E-state index contributed by atoms with van der Waals surface area (Å²) in [6, 6.07) is 9.73. The Labute approximate surface area is 192 Å². The molecule has 0 saturated carbocycles. The van der Waals surface area contributed by atoms with Crippen molar-refractivity contribution in [1.82, 2.24) is 0 Å². The van der Waals surface area contributed by atoms with E-state index in [9.17, 15) is 0 Å². The zero-order valence-corrected chi connectivity index (χ0v) is 22.1. The molecule has 0 spiro atoms. The predicted molar refractivity (Wildman–Crippen MR) is 140 cm³/mol. The van der Waals surface area contributed by atoms with Crippen molar-refractivity contribution in [2.45, 2.75) is 98.8 Å². The molecule has 0 fully saturated rings. The summed E-state index contributed by atoms with van der Waals surface area (Å²) >= 11 is 4.07. The Kier molecular flexibility index (Phi) is 7.09. The molecular formula is C28H39S2+. The summed E-state index contributed by atoms with van der Waals surface area (Å²) in [6.07, 6.45) is 0. The van der Waals surface area contributed by atoms with Crippen LogP contribution in [0.1, 0.15) is 127 Å². The van der Waals surface area contributed by atoms with Crippen LogP contribution < -0.4 is 0 Å². The van der Waals surface area contributed by atoms with Crippen molar-refractivity contribution in [3.8, 4) is 9.75 Å². The highest BCUT2D eigenvalue weighted by atomic mass is 32.2. The molecule has 0 bridgehead atoms. The maximum Gasteiger partial charge on any atom is 0.286 e. The molecule has 0 nitrogen and oxygen atoms in total. The van der Waals surface area contributed by atoms with Gasteiger partial charge in [0.2, 0.25) is 0 Å². The number of fused-ring (bicyclic) bond motifs is 1. The van der Waals surface area contributed by atoms with Crippen LogP contribution in [-0.4, -0.2) is 0 Å². The molecule has 3 aromatic rings. The van der Waals surface area contributed by atoms with Crippen LogP contribution in [0.15, 0.2) is 24.3 Å². The van der Waals surface area contributed by atoms with Gasteiger partial charge in [-0.15, -0.1) is 0 Å². The fourth-order valence-electron chi connectivity index (χ4n) is 4.21. The zero-order chi connectivity index (χ0) is 22.3. The van der Waals surface area contributed by atoms with Crippen LogP contribution in [-0.2, 0) is 0 Å². The third-order valence-corrected chi connectivity index (χ3v) is 8.84. The second-order valence-electron chi connectivity index (χ2n) is 10.2. The molecule has 0 atom stereocenters. The molecule has 3 rings (SSSR count). The van der Waals surface area contributed by atoms with Gasteiger partial charge in [0.1, 0.15) is 0 Å². The van der Waals surface area contributed by atoms with Crippen LogP contribution in [0.3, 0.4) is 0 Å². The Bertz CT molecular complexity index is 958. The SMILES string of the molecule is CC(C)c1cc(C(C)C)c(-c2sc3c(C(C)C)ccc(C(C)C)c3[s+]2)c(C(C)C)c1. The summed E-state index contributed by atoms with van der Waals surface area (Å²) in [4.78, 5) is 0. The minimum Gasteiger partial charge on any atom is -0.0587 e. The Morgan fingerprint density at radius 2 is 1.07 bits per heavy atom. The van der Waals surface area contributed by atoms with Crippen LogP contribution in [0.4, 0.5) is 0 Å². The quantitative estimate of drug-likeness (QED) is 0.335. The van der Waals surface area contributed by atoms with Crippen LogP contribution in [0.25, 0.3) is 19.2 Å². The molecule has 1 heterocycles. The van der Waals surface area contributed by atoms with Crippen LogP contribution in [0.5, 0.6) is 0 Å². The first-order valence-corrected chi connectivity index (χ1v) is 13.2. The predicted octanol–water partition coefficient (Wildman–Crippen LogP) is 10.5. The highest BCUT2D eigenvalue weighted by Crippen LogP contribution is 2.49. The van der Waals surface area contributed by atoms with E-state index in [1.54, 1.807) is 0 Å². The largest absolute Gasteiger partial charge is 0.286 e. The lowest BCUT2D eigenvalue weighted by molar-refractivity contribution is 0.808. The Balaban J connectivity index is 2.40. The van der Waals surface area contributed by atoms with Crippen molar-refractivity contribution in [2.75, 3.05) is 0 Å². The van der Waals surface area contributed by atoms with E-state index in [0.29, 0.717) is 29.6 Å². The average molecular weight is 440 g/mol. The Hall–Kier alpha value is -1.25. The highest BCUT2D eigenvalue weighted by Gasteiger charge is 2.30. The zero-order valence-electron chi connectivity index (χ0n) is 20.5. The van der Waals surface area contributed by atoms with E-state index in [0.717, 1.165) is 0 Å². The fourth-order valence-corrected chi connectivity index (χ4v) is 7.44. The second kappa shape index (κ2) is 9.09. The van der Waals surface area contributed by atoms with Gasteiger partial charge in [0.15, 0.2) is 9.40 Å². The molecule has 0 aliphatic rings. The first kappa shape index (κ1) is 23.4. The van der Waals surface area contributed by atoms with Crippen LogP contribution >= 0.6 is 22.7 Å². The summed E-state index contributed by atoms with van der Waals surface area (Å²) in [5.41, 5.74) is 9.02. The molecule has 0 saturated heterocycles. The summed E-state index contributed by atoms with van der Waals surface area (Å²) in [5, 5.41) is 0. The number of hydrogen-bond acceptors (Lipinski definition) is 1. The molecule has 0 radical (unpaired) electrons. The minimum absolute atomic E-state index is 0.516. The fraction of sp³-hybridized carbons (Fsp3) is 0.536. The van der Waals surface area contributed by atoms with Crippen molar-refractivity contribution in [2.24, 2.45) is 0 Å². The summed E-state index contributed by atoms with van der Waals surface area (Å²) < 4.78 is 4.50. The normalized spacial score (nSPS) is 12.5.